The Morgan fingerprint density at radius 1 is 1.35 bits per heavy atom. The molecule has 1 amide bonds. The third-order valence-electron chi connectivity index (χ3n) is 4.45. The molecule has 1 aromatic carbocycles. The van der Waals surface area contributed by atoms with Gasteiger partial charge in [-0.25, -0.2) is 4.39 Å². The summed E-state index contributed by atoms with van der Waals surface area (Å²) in [6.07, 6.45) is 0. The summed E-state index contributed by atoms with van der Waals surface area (Å²) in [6.45, 7) is 6.93. The quantitative estimate of drug-likeness (QED) is 0.932. The molecule has 0 radical (unpaired) electrons. The third kappa shape index (κ3) is 3.71. The molecule has 1 atom stereocenters. The maximum atomic E-state index is 13.7. The Kier molecular flexibility index (Phi) is 4.94. The van der Waals surface area contributed by atoms with Crippen molar-refractivity contribution < 1.29 is 9.18 Å². The molecule has 1 N–H and O–H groups in total. The van der Waals surface area contributed by atoms with Gasteiger partial charge in [0.2, 0.25) is 0 Å². The molecule has 1 aliphatic rings. The molecular formula is C17H22FN3OS. The van der Waals surface area contributed by atoms with Crippen molar-refractivity contribution in [3.63, 3.8) is 0 Å². The van der Waals surface area contributed by atoms with Crippen LogP contribution in [0, 0.1) is 5.82 Å². The third-order valence-corrected chi connectivity index (χ3v) is 5.55. The number of hydrogen-bond donors (Lipinski definition) is 1. The lowest BCUT2D eigenvalue weighted by molar-refractivity contribution is 0.0907. The number of likely N-dealkylation sites (N-methyl/N-ethyl adjacent to an activating group) is 1. The van der Waals surface area contributed by atoms with Gasteiger partial charge in [0.15, 0.2) is 0 Å². The maximum Gasteiger partial charge on any atom is 0.261 e. The van der Waals surface area contributed by atoms with Crippen LogP contribution in [0.25, 0.3) is 10.1 Å². The zero-order valence-corrected chi connectivity index (χ0v) is 14.3. The summed E-state index contributed by atoms with van der Waals surface area (Å²) < 4.78 is 14.5. The Labute approximate surface area is 139 Å². The average Bonchev–Trinajstić information content (AvgIpc) is 2.99. The first-order valence-corrected chi connectivity index (χ1v) is 8.75. The minimum Gasteiger partial charge on any atom is -0.350 e. The van der Waals surface area contributed by atoms with E-state index in [0.717, 1.165) is 30.9 Å². The molecule has 0 aliphatic carbocycles. The van der Waals surface area contributed by atoms with E-state index in [9.17, 15) is 9.18 Å². The Balaban J connectivity index is 1.59. The number of piperazine rings is 1. The summed E-state index contributed by atoms with van der Waals surface area (Å²) >= 11 is 1.33. The van der Waals surface area contributed by atoms with Crippen LogP contribution in [0.1, 0.15) is 16.6 Å². The van der Waals surface area contributed by atoms with Gasteiger partial charge in [0, 0.05) is 48.9 Å². The van der Waals surface area contributed by atoms with E-state index in [1.54, 1.807) is 12.1 Å². The first-order valence-electron chi connectivity index (χ1n) is 7.93. The predicted molar refractivity (Wildman–Crippen MR) is 92.6 cm³/mol. The van der Waals surface area contributed by atoms with Gasteiger partial charge in [-0.3, -0.25) is 9.69 Å². The van der Waals surface area contributed by atoms with Crippen molar-refractivity contribution >= 4 is 27.3 Å². The van der Waals surface area contributed by atoms with Crippen molar-refractivity contribution in [1.82, 2.24) is 15.1 Å². The Morgan fingerprint density at radius 3 is 2.78 bits per heavy atom. The van der Waals surface area contributed by atoms with Gasteiger partial charge in [0.05, 0.1) is 4.88 Å². The molecule has 3 rings (SSSR count). The highest BCUT2D eigenvalue weighted by Crippen LogP contribution is 2.27. The Morgan fingerprint density at radius 2 is 2.09 bits per heavy atom. The molecule has 4 nitrogen and oxygen atoms in total. The van der Waals surface area contributed by atoms with Crippen LogP contribution in [-0.4, -0.2) is 61.5 Å². The summed E-state index contributed by atoms with van der Waals surface area (Å²) in [5.74, 6) is -0.393. The first-order chi connectivity index (χ1) is 11.0. The normalized spacial score (nSPS) is 18.2. The van der Waals surface area contributed by atoms with Gasteiger partial charge in [0.25, 0.3) is 5.91 Å². The molecule has 6 heteroatoms. The smallest absolute Gasteiger partial charge is 0.261 e. The monoisotopic (exact) mass is 335 g/mol. The number of carbonyl (C=O) groups is 1. The van der Waals surface area contributed by atoms with Gasteiger partial charge >= 0.3 is 0 Å². The molecule has 1 fully saturated rings. The molecular weight excluding hydrogens is 313 g/mol. The van der Waals surface area contributed by atoms with Gasteiger partial charge in [-0.1, -0.05) is 6.07 Å². The number of rotatable bonds is 4. The van der Waals surface area contributed by atoms with Crippen LogP contribution in [-0.2, 0) is 0 Å². The molecule has 0 bridgehead atoms. The predicted octanol–water partition coefficient (Wildman–Crippen LogP) is 2.41. The van der Waals surface area contributed by atoms with Gasteiger partial charge in [-0.15, -0.1) is 11.3 Å². The Hall–Kier alpha value is -1.50. The number of halogens is 1. The molecule has 1 unspecified atom stereocenters. The minimum absolute atomic E-state index is 0.119. The van der Waals surface area contributed by atoms with Crippen LogP contribution < -0.4 is 5.32 Å². The molecule has 124 valence electrons. The van der Waals surface area contributed by atoms with Crippen LogP contribution in [0.2, 0.25) is 0 Å². The second-order valence-corrected chi connectivity index (χ2v) is 7.24. The van der Waals surface area contributed by atoms with Gasteiger partial charge < -0.3 is 10.2 Å². The number of carbonyl (C=O) groups excluding carboxylic acids is 1. The largest absolute Gasteiger partial charge is 0.350 e. The highest BCUT2D eigenvalue weighted by molar-refractivity contribution is 7.20. The topological polar surface area (TPSA) is 35.6 Å². The van der Waals surface area contributed by atoms with E-state index in [-0.39, 0.29) is 11.7 Å². The number of hydrogen-bond acceptors (Lipinski definition) is 4. The van der Waals surface area contributed by atoms with E-state index in [1.165, 1.54) is 17.4 Å². The van der Waals surface area contributed by atoms with Crippen LogP contribution in [0.4, 0.5) is 4.39 Å². The number of thiophene rings is 1. The highest BCUT2D eigenvalue weighted by atomic mass is 32.1. The van der Waals surface area contributed by atoms with Crippen molar-refractivity contribution in [1.29, 1.82) is 0 Å². The van der Waals surface area contributed by atoms with Crippen molar-refractivity contribution in [2.45, 2.75) is 13.0 Å². The molecule has 0 spiro atoms. The number of nitrogens with one attached hydrogen (secondary N) is 1. The lowest BCUT2D eigenvalue weighted by atomic mass is 10.2. The summed E-state index contributed by atoms with van der Waals surface area (Å²) in [4.78, 5) is 17.6. The zero-order chi connectivity index (χ0) is 16.4. The van der Waals surface area contributed by atoms with Crippen LogP contribution in [0.3, 0.4) is 0 Å². The summed E-state index contributed by atoms with van der Waals surface area (Å²) in [6, 6.07) is 6.88. The SMILES string of the molecule is CC(CNC(=O)c1cc2c(F)cccc2s1)N1CCN(C)CC1. The fourth-order valence-electron chi connectivity index (χ4n) is 2.86. The van der Waals surface area contributed by atoms with Gasteiger partial charge in [-0.2, -0.15) is 0 Å². The molecule has 1 aliphatic heterocycles. The van der Waals surface area contributed by atoms with Crippen LogP contribution in [0.15, 0.2) is 24.3 Å². The van der Waals surface area contributed by atoms with Crippen molar-refractivity contribution in [2.24, 2.45) is 0 Å². The number of fused-ring (bicyclic) bond motifs is 1. The standard InChI is InChI=1S/C17H22FN3OS/c1-12(21-8-6-20(2)7-9-21)11-19-17(22)16-10-13-14(18)4-3-5-15(13)23-16/h3-5,10,12H,6-9,11H2,1-2H3,(H,19,22). The fraction of sp³-hybridized carbons (Fsp3) is 0.471. The first kappa shape index (κ1) is 16.4. The molecule has 23 heavy (non-hydrogen) atoms. The number of benzene rings is 1. The minimum atomic E-state index is -0.274. The van der Waals surface area contributed by atoms with Gasteiger partial charge in [0.1, 0.15) is 5.82 Å². The molecule has 0 saturated carbocycles. The molecule has 1 aromatic heterocycles. The highest BCUT2D eigenvalue weighted by Gasteiger charge is 2.20. The summed E-state index contributed by atoms with van der Waals surface area (Å²) in [5.41, 5.74) is 0. The lowest BCUT2D eigenvalue weighted by Crippen LogP contribution is -2.51. The van der Waals surface area contributed by atoms with Crippen LogP contribution in [0.5, 0.6) is 0 Å². The van der Waals surface area contributed by atoms with E-state index in [4.69, 9.17) is 0 Å². The Bertz CT molecular complexity index is 694. The average molecular weight is 335 g/mol. The summed E-state index contributed by atoms with van der Waals surface area (Å²) in [5, 5.41) is 3.50. The van der Waals surface area contributed by atoms with E-state index < -0.39 is 0 Å². The zero-order valence-electron chi connectivity index (χ0n) is 13.5. The maximum absolute atomic E-state index is 13.7. The fourth-order valence-corrected chi connectivity index (χ4v) is 3.85. The van der Waals surface area contributed by atoms with E-state index in [2.05, 4.69) is 29.1 Å². The summed E-state index contributed by atoms with van der Waals surface area (Å²) in [7, 11) is 2.13. The molecule has 2 aromatic rings. The van der Waals surface area contributed by atoms with Gasteiger partial charge in [-0.05, 0) is 32.2 Å². The number of amides is 1. The van der Waals surface area contributed by atoms with Crippen molar-refractivity contribution in [2.75, 3.05) is 39.8 Å². The van der Waals surface area contributed by atoms with E-state index in [1.807, 2.05) is 6.07 Å². The molecule has 1 saturated heterocycles. The lowest BCUT2D eigenvalue weighted by Gasteiger charge is -2.36. The molecule has 2 heterocycles. The van der Waals surface area contributed by atoms with E-state index >= 15 is 0 Å². The van der Waals surface area contributed by atoms with E-state index in [0.29, 0.717) is 22.8 Å². The van der Waals surface area contributed by atoms with Crippen molar-refractivity contribution in [3.8, 4) is 0 Å². The number of nitrogens with zero attached hydrogens (tertiary/aromatic N) is 2. The second-order valence-electron chi connectivity index (χ2n) is 6.16. The second kappa shape index (κ2) is 6.95. The van der Waals surface area contributed by atoms with Crippen molar-refractivity contribution in [3.05, 3.63) is 35.0 Å². The van der Waals surface area contributed by atoms with Crippen LogP contribution >= 0.6 is 11.3 Å².